The second-order valence-electron chi connectivity index (χ2n) is 7.47. The maximum absolute atomic E-state index is 12.7. The highest BCUT2D eigenvalue weighted by Crippen LogP contribution is 2.39. The lowest BCUT2D eigenvalue weighted by atomic mass is 9.89. The SMILES string of the molecule is CC1(C)C[C@@H](NC(=O)CN(c2ccc(Cl)cc2)S(C)(=O)=O)c2ccccc2O1. The number of hydrogen-bond donors (Lipinski definition) is 1. The van der Waals surface area contributed by atoms with Gasteiger partial charge in [-0.15, -0.1) is 0 Å². The molecule has 28 heavy (non-hydrogen) atoms. The summed E-state index contributed by atoms with van der Waals surface area (Å²) in [7, 11) is -3.65. The van der Waals surface area contributed by atoms with Crippen LogP contribution in [0.4, 0.5) is 5.69 Å². The zero-order valence-electron chi connectivity index (χ0n) is 16.0. The molecule has 2 aromatic rings. The Balaban J connectivity index is 1.81. The lowest BCUT2D eigenvalue weighted by Crippen LogP contribution is -2.45. The van der Waals surface area contributed by atoms with Crippen molar-refractivity contribution in [3.63, 3.8) is 0 Å². The second kappa shape index (κ2) is 7.64. The summed E-state index contributed by atoms with van der Waals surface area (Å²) in [6.45, 7) is 3.59. The van der Waals surface area contributed by atoms with E-state index in [9.17, 15) is 13.2 Å². The van der Waals surface area contributed by atoms with Crippen LogP contribution in [0, 0.1) is 0 Å². The van der Waals surface area contributed by atoms with Crippen LogP contribution < -0.4 is 14.4 Å². The number of benzene rings is 2. The number of carbonyl (C=O) groups excluding carboxylic acids is 1. The Morgan fingerprint density at radius 3 is 2.50 bits per heavy atom. The molecule has 0 fully saturated rings. The van der Waals surface area contributed by atoms with E-state index in [2.05, 4.69) is 5.32 Å². The number of amides is 1. The number of nitrogens with zero attached hydrogens (tertiary/aromatic N) is 1. The van der Waals surface area contributed by atoms with Crippen molar-refractivity contribution in [2.45, 2.75) is 31.9 Å². The van der Waals surface area contributed by atoms with Gasteiger partial charge < -0.3 is 10.1 Å². The molecule has 0 saturated carbocycles. The van der Waals surface area contributed by atoms with Crippen molar-refractivity contribution in [3.05, 3.63) is 59.1 Å². The minimum Gasteiger partial charge on any atom is -0.487 e. The van der Waals surface area contributed by atoms with Gasteiger partial charge in [0.05, 0.1) is 18.0 Å². The first-order valence-corrected chi connectivity index (χ1v) is 11.1. The van der Waals surface area contributed by atoms with Gasteiger partial charge in [0.15, 0.2) is 0 Å². The third-order valence-corrected chi connectivity index (χ3v) is 5.91. The van der Waals surface area contributed by atoms with Crippen LogP contribution in [0.1, 0.15) is 31.9 Å². The number of rotatable bonds is 5. The Morgan fingerprint density at radius 2 is 1.86 bits per heavy atom. The lowest BCUT2D eigenvalue weighted by molar-refractivity contribution is -0.120. The summed E-state index contributed by atoms with van der Waals surface area (Å²) in [4.78, 5) is 12.7. The third-order valence-electron chi connectivity index (χ3n) is 4.51. The van der Waals surface area contributed by atoms with E-state index in [1.807, 2.05) is 38.1 Å². The highest BCUT2D eigenvalue weighted by Gasteiger charge is 2.34. The van der Waals surface area contributed by atoms with E-state index < -0.39 is 21.5 Å². The minimum atomic E-state index is -3.65. The summed E-state index contributed by atoms with van der Waals surface area (Å²) in [5, 5.41) is 3.45. The molecule has 0 bridgehead atoms. The third kappa shape index (κ3) is 4.77. The van der Waals surface area contributed by atoms with Gasteiger partial charge in [-0.1, -0.05) is 29.8 Å². The van der Waals surface area contributed by atoms with Gasteiger partial charge in [-0.2, -0.15) is 0 Å². The molecule has 0 aliphatic carbocycles. The van der Waals surface area contributed by atoms with Gasteiger partial charge in [0.1, 0.15) is 17.9 Å². The van der Waals surface area contributed by atoms with Crippen molar-refractivity contribution >= 4 is 33.2 Å². The standard InChI is InChI=1S/C20H23ClN2O4S/c1-20(2)12-17(16-6-4-5-7-18(16)27-20)22-19(24)13-23(28(3,25)26)15-10-8-14(21)9-11-15/h4-11,17H,12-13H2,1-3H3,(H,22,24)/t17-/m1/s1. The molecule has 1 aliphatic heterocycles. The summed E-state index contributed by atoms with van der Waals surface area (Å²) in [6, 6.07) is 13.6. The summed E-state index contributed by atoms with van der Waals surface area (Å²) >= 11 is 5.88. The highest BCUT2D eigenvalue weighted by molar-refractivity contribution is 7.92. The van der Waals surface area contributed by atoms with E-state index in [0.29, 0.717) is 17.1 Å². The van der Waals surface area contributed by atoms with Gasteiger partial charge >= 0.3 is 0 Å². The monoisotopic (exact) mass is 422 g/mol. The Kier molecular flexibility index (Phi) is 5.59. The van der Waals surface area contributed by atoms with Crippen LogP contribution in [0.5, 0.6) is 5.75 Å². The second-order valence-corrected chi connectivity index (χ2v) is 9.81. The fourth-order valence-corrected chi connectivity index (χ4v) is 4.29. The van der Waals surface area contributed by atoms with Crippen molar-refractivity contribution < 1.29 is 17.9 Å². The van der Waals surface area contributed by atoms with Crippen LogP contribution in [0.3, 0.4) is 0 Å². The molecule has 0 saturated heterocycles. The summed E-state index contributed by atoms with van der Waals surface area (Å²) < 4.78 is 31.5. The van der Waals surface area contributed by atoms with E-state index in [4.69, 9.17) is 16.3 Å². The molecule has 6 nitrogen and oxygen atoms in total. The summed E-state index contributed by atoms with van der Waals surface area (Å²) in [5.74, 6) is 0.333. The van der Waals surface area contributed by atoms with E-state index in [1.54, 1.807) is 24.3 Å². The normalized spacial score (nSPS) is 17.9. The quantitative estimate of drug-likeness (QED) is 0.799. The van der Waals surface area contributed by atoms with Crippen molar-refractivity contribution in [2.75, 3.05) is 17.1 Å². The van der Waals surface area contributed by atoms with Crippen molar-refractivity contribution in [2.24, 2.45) is 0 Å². The molecule has 0 radical (unpaired) electrons. The van der Waals surface area contributed by atoms with Gasteiger partial charge in [-0.3, -0.25) is 9.10 Å². The molecule has 2 aromatic carbocycles. The van der Waals surface area contributed by atoms with Crippen LogP contribution in [-0.2, 0) is 14.8 Å². The molecule has 0 aromatic heterocycles. The van der Waals surface area contributed by atoms with Crippen molar-refractivity contribution in [3.8, 4) is 5.75 Å². The first-order valence-electron chi connectivity index (χ1n) is 8.86. The zero-order chi connectivity index (χ0) is 20.5. The molecule has 0 unspecified atom stereocenters. The Bertz CT molecular complexity index is 974. The molecule has 8 heteroatoms. The van der Waals surface area contributed by atoms with E-state index >= 15 is 0 Å². The number of para-hydroxylation sites is 1. The number of nitrogens with one attached hydrogen (secondary N) is 1. The number of anilines is 1. The van der Waals surface area contributed by atoms with E-state index in [-0.39, 0.29) is 12.6 Å². The first kappa shape index (κ1) is 20.5. The maximum Gasteiger partial charge on any atom is 0.241 e. The molecule has 1 aliphatic rings. The first-order chi connectivity index (χ1) is 13.0. The average molecular weight is 423 g/mol. The molecular weight excluding hydrogens is 400 g/mol. The van der Waals surface area contributed by atoms with Gasteiger partial charge in [0.25, 0.3) is 0 Å². The summed E-state index contributed by atoms with van der Waals surface area (Å²) in [6.07, 6.45) is 1.65. The Labute approximate surface area is 170 Å². The maximum atomic E-state index is 12.7. The molecule has 0 spiro atoms. The lowest BCUT2D eigenvalue weighted by Gasteiger charge is -2.38. The molecular formula is C20H23ClN2O4S. The number of carbonyl (C=O) groups is 1. The fraction of sp³-hybridized carbons (Fsp3) is 0.350. The minimum absolute atomic E-state index is 0.265. The van der Waals surface area contributed by atoms with Gasteiger partial charge in [-0.05, 0) is 44.2 Å². The fourth-order valence-electron chi connectivity index (χ4n) is 3.31. The number of fused-ring (bicyclic) bond motifs is 1. The van der Waals surface area contributed by atoms with Crippen LogP contribution >= 0.6 is 11.6 Å². The van der Waals surface area contributed by atoms with Crippen LogP contribution in [0.15, 0.2) is 48.5 Å². The highest BCUT2D eigenvalue weighted by atomic mass is 35.5. The van der Waals surface area contributed by atoms with Crippen LogP contribution in [0.25, 0.3) is 0 Å². The van der Waals surface area contributed by atoms with Gasteiger partial charge in [0, 0.05) is 17.0 Å². The number of sulfonamides is 1. The number of halogens is 1. The molecule has 150 valence electrons. The summed E-state index contributed by atoms with van der Waals surface area (Å²) in [5.41, 5.74) is 0.821. The number of hydrogen-bond acceptors (Lipinski definition) is 4. The predicted octanol–water partition coefficient (Wildman–Crippen LogP) is 3.52. The molecule has 3 rings (SSSR count). The smallest absolute Gasteiger partial charge is 0.241 e. The van der Waals surface area contributed by atoms with Gasteiger partial charge in [-0.25, -0.2) is 8.42 Å². The molecule has 1 heterocycles. The van der Waals surface area contributed by atoms with Gasteiger partial charge in [0.2, 0.25) is 15.9 Å². The molecule has 1 amide bonds. The Morgan fingerprint density at radius 1 is 1.21 bits per heavy atom. The average Bonchev–Trinajstić information content (AvgIpc) is 2.59. The van der Waals surface area contributed by atoms with E-state index in [1.165, 1.54) is 0 Å². The van der Waals surface area contributed by atoms with E-state index in [0.717, 1.165) is 21.9 Å². The van der Waals surface area contributed by atoms with Crippen molar-refractivity contribution in [1.82, 2.24) is 5.32 Å². The zero-order valence-corrected chi connectivity index (χ0v) is 17.5. The van der Waals surface area contributed by atoms with Crippen LogP contribution in [0.2, 0.25) is 5.02 Å². The van der Waals surface area contributed by atoms with Crippen LogP contribution in [-0.4, -0.2) is 32.7 Å². The predicted molar refractivity (Wildman–Crippen MR) is 110 cm³/mol. The molecule has 1 atom stereocenters. The molecule has 1 N–H and O–H groups in total. The largest absolute Gasteiger partial charge is 0.487 e. The topological polar surface area (TPSA) is 75.7 Å². The Hall–Kier alpha value is -2.25. The van der Waals surface area contributed by atoms with Crippen molar-refractivity contribution in [1.29, 1.82) is 0 Å². The number of ether oxygens (including phenoxy) is 1.